The molecule has 2 aliphatic rings. The highest BCUT2D eigenvalue weighted by atomic mass is 35.5. The number of rotatable bonds is 4. The van der Waals surface area contributed by atoms with Crippen LogP contribution in [0, 0.1) is 5.92 Å². The molecule has 1 heterocycles. The van der Waals surface area contributed by atoms with Crippen LogP contribution in [0.2, 0.25) is 5.02 Å². The third-order valence-electron chi connectivity index (χ3n) is 4.81. The molecule has 0 bridgehead atoms. The standard InChI is InChI=1S/C17H24ClN3O/c18-14-5-7-15(8-6-14)20-17(22)19-11-13-9-10-21(12-13)16-3-1-2-4-16/h5-8,13,16H,1-4,9-12H2,(H2,19,20,22)/t13-/m1/s1. The number of anilines is 1. The van der Waals surface area contributed by atoms with Gasteiger partial charge in [-0.05, 0) is 56.0 Å². The minimum atomic E-state index is -0.137. The van der Waals surface area contributed by atoms with Crippen LogP contribution in [0.4, 0.5) is 10.5 Å². The SMILES string of the molecule is O=C(NC[C@H]1CCN(C2CCCC2)C1)Nc1ccc(Cl)cc1. The lowest BCUT2D eigenvalue weighted by atomic mass is 10.1. The summed E-state index contributed by atoms with van der Waals surface area (Å²) in [6.07, 6.45) is 6.67. The number of carbonyl (C=O) groups is 1. The molecule has 120 valence electrons. The Morgan fingerprint density at radius 1 is 1.18 bits per heavy atom. The molecule has 2 N–H and O–H groups in total. The second kappa shape index (κ2) is 7.34. The van der Waals surface area contributed by atoms with E-state index in [1.54, 1.807) is 24.3 Å². The third kappa shape index (κ3) is 4.14. The second-order valence-corrected chi connectivity index (χ2v) is 6.87. The first-order valence-electron chi connectivity index (χ1n) is 8.25. The van der Waals surface area contributed by atoms with Crippen molar-refractivity contribution in [3.8, 4) is 0 Å². The van der Waals surface area contributed by atoms with Gasteiger partial charge < -0.3 is 15.5 Å². The average Bonchev–Trinajstić information content (AvgIpc) is 3.18. The molecule has 0 aromatic heterocycles. The van der Waals surface area contributed by atoms with E-state index >= 15 is 0 Å². The molecule has 22 heavy (non-hydrogen) atoms. The van der Waals surface area contributed by atoms with Crippen molar-refractivity contribution in [3.05, 3.63) is 29.3 Å². The number of nitrogens with one attached hydrogen (secondary N) is 2. The molecule has 5 heteroatoms. The molecule has 0 unspecified atom stereocenters. The molecular formula is C17H24ClN3O. The van der Waals surface area contributed by atoms with Crippen molar-refractivity contribution in [3.63, 3.8) is 0 Å². The summed E-state index contributed by atoms with van der Waals surface area (Å²) in [5.74, 6) is 0.580. The molecule has 1 aromatic carbocycles. The molecule has 1 saturated heterocycles. The monoisotopic (exact) mass is 321 g/mol. The van der Waals surface area contributed by atoms with Gasteiger partial charge in [0.1, 0.15) is 0 Å². The fraction of sp³-hybridized carbons (Fsp3) is 0.588. The Hall–Kier alpha value is -1.26. The molecule has 0 radical (unpaired) electrons. The van der Waals surface area contributed by atoms with Crippen LogP contribution in [0.15, 0.2) is 24.3 Å². The number of benzene rings is 1. The van der Waals surface area contributed by atoms with E-state index in [1.807, 2.05) is 0 Å². The number of hydrogen-bond donors (Lipinski definition) is 2. The number of carbonyl (C=O) groups excluding carboxylic acids is 1. The van der Waals surface area contributed by atoms with Crippen molar-refractivity contribution in [2.45, 2.75) is 38.1 Å². The quantitative estimate of drug-likeness (QED) is 0.887. The molecule has 0 spiro atoms. The normalized spacial score (nSPS) is 22.9. The smallest absolute Gasteiger partial charge is 0.319 e. The first kappa shape index (κ1) is 15.6. The van der Waals surface area contributed by atoms with E-state index in [2.05, 4.69) is 15.5 Å². The van der Waals surface area contributed by atoms with Gasteiger partial charge in [0.2, 0.25) is 0 Å². The Labute approximate surface area is 137 Å². The highest BCUT2D eigenvalue weighted by Crippen LogP contribution is 2.28. The zero-order valence-electron chi connectivity index (χ0n) is 12.9. The zero-order chi connectivity index (χ0) is 15.4. The van der Waals surface area contributed by atoms with Crippen LogP contribution in [-0.4, -0.2) is 36.6 Å². The Morgan fingerprint density at radius 3 is 2.64 bits per heavy atom. The largest absolute Gasteiger partial charge is 0.338 e. The number of halogens is 1. The van der Waals surface area contributed by atoms with E-state index in [-0.39, 0.29) is 6.03 Å². The number of hydrogen-bond acceptors (Lipinski definition) is 2. The van der Waals surface area contributed by atoms with Gasteiger partial charge in [-0.25, -0.2) is 4.79 Å². The Balaban J connectivity index is 1.39. The van der Waals surface area contributed by atoms with E-state index in [0.717, 1.165) is 24.8 Å². The number of nitrogens with zero attached hydrogens (tertiary/aromatic N) is 1. The summed E-state index contributed by atoms with van der Waals surface area (Å²) in [5, 5.41) is 6.50. The van der Waals surface area contributed by atoms with E-state index in [4.69, 9.17) is 11.6 Å². The van der Waals surface area contributed by atoms with Crippen LogP contribution in [0.1, 0.15) is 32.1 Å². The molecule has 3 rings (SSSR count). The molecule has 2 amide bonds. The molecule has 1 aliphatic heterocycles. The van der Waals surface area contributed by atoms with Crippen LogP contribution in [0.5, 0.6) is 0 Å². The van der Waals surface area contributed by atoms with Crippen LogP contribution in [0.3, 0.4) is 0 Å². The predicted molar refractivity (Wildman–Crippen MR) is 90.4 cm³/mol. The van der Waals surface area contributed by atoms with Gasteiger partial charge in [-0.3, -0.25) is 0 Å². The van der Waals surface area contributed by atoms with Crippen LogP contribution >= 0.6 is 11.6 Å². The van der Waals surface area contributed by atoms with Gasteiger partial charge in [-0.2, -0.15) is 0 Å². The minimum Gasteiger partial charge on any atom is -0.338 e. The fourth-order valence-electron chi connectivity index (χ4n) is 3.58. The highest BCUT2D eigenvalue weighted by Gasteiger charge is 2.29. The molecule has 1 aromatic rings. The van der Waals surface area contributed by atoms with Gasteiger partial charge in [0.25, 0.3) is 0 Å². The van der Waals surface area contributed by atoms with Crippen molar-refractivity contribution in [2.24, 2.45) is 5.92 Å². The van der Waals surface area contributed by atoms with Crippen molar-refractivity contribution in [2.75, 3.05) is 25.0 Å². The van der Waals surface area contributed by atoms with Gasteiger partial charge in [0, 0.05) is 29.8 Å². The lowest BCUT2D eigenvalue weighted by Gasteiger charge is -2.23. The summed E-state index contributed by atoms with van der Waals surface area (Å²) in [6, 6.07) is 7.81. The van der Waals surface area contributed by atoms with E-state index in [9.17, 15) is 4.79 Å². The molecule has 1 aliphatic carbocycles. The second-order valence-electron chi connectivity index (χ2n) is 6.43. The van der Waals surface area contributed by atoms with Crippen LogP contribution in [0.25, 0.3) is 0 Å². The van der Waals surface area contributed by atoms with E-state index in [1.165, 1.54) is 38.6 Å². The Kier molecular flexibility index (Phi) is 5.21. The van der Waals surface area contributed by atoms with E-state index < -0.39 is 0 Å². The van der Waals surface area contributed by atoms with Crippen LogP contribution < -0.4 is 10.6 Å². The van der Waals surface area contributed by atoms with Crippen molar-refractivity contribution < 1.29 is 4.79 Å². The molecule has 1 saturated carbocycles. The summed E-state index contributed by atoms with van der Waals surface area (Å²) in [5.41, 5.74) is 0.765. The average molecular weight is 322 g/mol. The summed E-state index contributed by atoms with van der Waals surface area (Å²) >= 11 is 5.83. The lowest BCUT2D eigenvalue weighted by Crippen LogP contribution is -2.35. The van der Waals surface area contributed by atoms with Crippen molar-refractivity contribution >= 4 is 23.3 Å². The molecule has 2 fully saturated rings. The van der Waals surface area contributed by atoms with Crippen LogP contribution in [-0.2, 0) is 0 Å². The molecular weight excluding hydrogens is 298 g/mol. The summed E-state index contributed by atoms with van der Waals surface area (Å²) in [6.45, 7) is 3.07. The summed E-state index contributed by atoms with van der Waals surface area (Å²) in [7, 11) is 0. The van der Waals surface area contributed by atoms with Gasteiger partial charge in [-0.1, -0.05) is 24.4 Å². The lowest BCUT2D eigenvalue weighted by molar-refractivity contribution is 0.234. The Morgan fingerprint density at radius 2 is 1.91 bits per heavy atom. The number of likely N-dealkylation sites (tertiary alicyclic amines) is 1. The highest BCUT2D eigenvalue weighted by molar-refractivity contribution is 6.30. The minimum absolute atomic E-state index is 0.137. The van der Waals surface area contributed by atoms with E-state index in [0.29, 0.717) is 10.9 Å². The maximum atomic E-state index is 11.9. The fourth-order valence-corrected chi connectivity index (χ4v) is 3.70. The van der Waals surface area contributed by atoms with Gasteiger partial charge in [0.05, 0.1) is 0 Å². The number of amides is 2. The predicted octanol–water partition coefficient (Wildman–Crippen LogP) is 3.73. The number of urea groups is 1. The van der Waals surface area contributed by atoms with Gasteiger partial charge in [-0.15, -0.1) is 0 Å². The molecule has 4 nitrogen and oxygen atoms in total. The first-order chi connectivity index (χ1) is 10.7. The van der Waals surface area contributed by atoms with Gasteiger partial charge in [0.15, 0.2) is 0 Å². The van der Waals surface area contributed by atoms with Gasteiger partial charge >= 0.3 is 6.03 Å². The zero-order valence-corrected chi connectivity index (χ0v) is 13.6. The summed E-state index contributed by atoms with van der Waals surface area (Å²) < 4.78 is 0. The third-order valence-corrected chi connectivity index (χ3v) is 5.06. The Bertz CT molecular complexity index is 499. The van der Waals surface area contributed by atoms with Crippen molar-refractivity contribution in [1.29, 1.82) is 0 Å². The topological polar surface area (TPSA) is 44.4 Å². The summed E-state index contributed by atoms with van der Waals surface area (Å²) in [4.78, 5) is 14.5. The van der Waals surface area contributed by atoms with Crippen molar-refractivity contribution in [1.82, 2.24) is 10.2 Å². The maximum Gasteiger partial charge on any atom is 0.319 e. The molecule has 1 atom stereocenters. The maximum absolute atomic E-state index is 11.9. The first-order valence-corrected chi connectivity index (χ1v) is 8.63.